The number of aromatic nitrogens is 2. The van der Waals surface area contributed by atoms with E-state index in [1.807, 2.05) is 6.07 Å². The van der Waals surface area contributed by atoms with Gasteiger partial charge in [-0.2, -0.15) is 0 Å². The number of amides is 1. The summed E-state index contributed by atoms with van der Waals surface area (Å²) in [5.74, 6) is -0.575. The summed E-state index contributed by atoms with van der Waals surface area (Å²) in [6.45, 7) is 1.75. The van der Waals surface area contributed by atoms with Crippen molar-refractivity contribution in [2.75, 3.05) is 14.1 Å². The third-order valence-corrected chi connectivity index (χ3v) is 4.84. The van der Waals surface area contributed by atoms with Crippen LogP contribution in [0.5, 0.6) is 0 Å². The molecule has 28 heavy (non-hydrogen) atoms. The van der Waals surface area contributed by atoms with Gasteiger partial charge in [0.05, 0.1) is 16.6 Å². The Morgan fingerprint density at radius 2 is 1.93 bits per heavy atom. The third-order valence-electron chi connectivity index (χ3n) is 4.84. The Hall–Kier alpha value is -3.22. The molecule has 1 aliphatic carbocycles. The van der Waals surface area contributed by atoms with Crippen LogP contribution in [-0.4, -0.2) is 41.0 Å². The van der Waals surface area contributed by atoms with Gasteiger partial charge in [-0.05, 0) is 25.8 Å². The number of fused-ring (bicyclic) bond motifs is 1. The van der Waals surface area contributed by atoms with E-state index in [0.29, 0.717) is 33.8 Å². The van der Waals surface area contributed by atoms with E-state index >= 15 is 0 Å². The van der Waals surface area contributed by atoms with Crippen molar-refractivity contribution in [3.63, 3.8) is 0 Å². The van der Waals surface area contributed by atoms with Crippen molar-refractivity contribution in [2.45, 2.75) is 31.8 Å². The van der Waals surface area contributed by atoms with E-state index in [9.17, 15) is 9.59 Å². The number of esters is 1. The lowest BCUT2D eigenvalue weighted by Crippen LogP contribution is -2.31. The summed E-state index contributed by atoms with van der Waals surface area (Å²) in [6, 6.07) is 10.7. The Morgan fingerprint density at radius 3 is 2.57 bits per heavy atom. The van der Waals surface area contributed by atoms with Crippen molar-refractivity contribution in [2.24, 2.45) is 0 Å². The molecule has 1 atom stereocenters. The van der Waals surface area contributed by atoms with Crippen LogP contribution in [0, 0.1) is 6.92 Å². The molecule has 1 fully saturated rings. The Labute approximate surface area is 162 Å². The van der Waals surface area contributed by atoms with Crippen LogP contribution in [0.2, 0.25) is 0 Å². The van der Waals surface area contributed by atoms with E-state index in [2.05, 4.69) is 10.1 Å². The molecular weight excluding hydrogens is 358 g/mol. The number of rotatable bonds is 5. The first kappa shape index (κ1) is 18.2. The lowest BCUT2D eigenvalue weighted by molar-refractivity contribution is -0.138. The molecule has 1 amide bonds. The van der Waals surface area contributed by atoms with E-state index in [1.54, 1.807) is 51.4 Å². The topological polar surface area (TPSA) is 85.5 Å². The van der Waals surface area contributed by atoms with Crippen molar-refractivity contribution in [1.29, 1.82) is 0 Å². The minimum Gasteiger partial charge on any atom is -0.444 e. The van der Waals surface area contributed by atoms with Gasteiger partial charge in [0.1, 0.15) is 0 Å². The average molecular weight is 379 g/mol. The number of likely N-dealkylation sites (N-methyl/N-ethyl adjacent to an activating group) is 1. The molecule has 0 radical (unpaired) electrons. The lowest BCUT2D eigenvalue weighted by Gasteiger charge is -2.21. The number of carbonyl (C=O) groups is 2. The van der Waals surface area contributed by atoms with Gasteiger partial charge in [-0.3, -0.25) is 4.79 Å². The van der Waals surface area contributed by atoms with Crippen LogP contribution < -0.4 is 0 Å². The Bertz CT molecular complexity index is 1040. The first-order valence-electron chi connectivity index (χ1n) is 9.19. The molecule has 0 N–H and O–H groups in total. The minimum atomic E-state index is -1.03. The van der Waals surface area contributed by atoms with Crippen LogP contribution in [-0.2, 0) is 9.53 Å². The van der Waals surface area contributed by atoms with Crippen molar-refractivity contribution >= 4 is 23.0 Å². The van der Waals surface area contributed by atoms with E-state index in [4.69, 9.17) is 9.26 Å². The normalized spacial score (nSPS) is 14.7. The number of hydrogen-bond acceptors (Lipinski definition) is 6. The fourth-order valence-corrected chi connectivity index (χ4v) is 3.16. The van der Waals surface area contributed by atoms with Crippen LogP contribution in [0.1, 0.15) is 52.2 Å². The molecule has 0 aliphatic heterocycles. The Morgan fingerprint density at radius 1 is 1.21 bits per heavy atom. The van der Waals surface area contributed by atoms with E-state index in [0.717, 1.165) is 18.5 Å². The van der Waals surface area contributed by atoms with E-state index in [-0.39, 0.29) is 5.91 Å². The van der Waals surface area contributed by atoms with Crippen LogP contribution in [0.4, 0.5) is 0 Å². The summed E-state index contributed by atoms with van der Waals surface area (Å²) in [5.41, 5.74) is 2.63. The molecule has 7 nitrogen and oxygen atoms in total. The zero-order valence-electron chi connectivity index (χ0n) is 16.0. The summed E-state index contributed by atoms with van der Waals surface area (Å²) in [5, 5.41) is 4.47. The van der Waals surface area contributed by atoms with Gasteiger partial charge < -0.3 is 14.2 Å². The number of nitrogens with zero attached hydrogens (tertiary/aromatic N) is 3. The van der Waals surface area contributed by atoms with Crippen LogP contribution in [0.3, 0.4) is 0 Å². The molecule has 1 aliphatic rings. The van der Waals surface area contributed by atoms with Gasteiger partial charge in [0.2, 0.25) is 6.10 Å². The van der Waals surface area contributed by atoms with Gasteiger partial charge in [0, 0.05) is 31.3 Å². The molecule has 0 saturated heterocycles. The summed E-state index contributed by atoms with van der Waals surface area (Å²) in [7, 11) is 3.26. The second kappa shape index (κ2) is 7.07. The fourth-order valence-electron chi connectivity index (χ4n) is 3.16. The molecule has 3 aromatic rings. The second-order valence-corrected chi connectivity index (χ2v) is 7.25. The quantitative estimate of drug-likeness (QED) is 0.632. The van der Waals surface area contributed by atoms with Crippen LogP contribution >= 0.6 is 0 Å². The predicted octanol–water partition coefficient (Wildman–Crippen LogP) is 3.39. The summed E-state index contributed by atoms with van der Waals surface area (Å²) in [4.78, 5) is 31.7. The maximum absolute atomic E-state index is 13.1. The number of carbonyl (C=O) groups excluding carboxylic acids is 2. The zero-order valence-corrected chi connectivity index (χ0v) is 16.0. The van der Waals surface area contributed by atoms with Gasteiger partial charge in [0.25, 0.3) is 11.6 Å². The minimum absolute atomic E-state index is 0.311. The molecule has 7 heteroatoms. The smallest absolute Gasteiger partial charge is 0.340 e. The number of ether oxygens (including phenoxy) is 1. The highest BCUT2D eigenvalue weighted by molar-refractivity contribution is 6.04. The Balaban J connectivity index is 1.73. The monoisotopic (exact) mass is 379 g/mol. The molecule has 1 saturated carbocycles. The van der Waals surface area contributed by atoms with Crippen molar-refractivity contribution in [3.8, 4) is 0 Å². The zero-order chi connectivity index (χ0) is 19.8. The second-order valence-electron chi connectivity index (χ2n) is 7.25. The fraction of sp³-hybridized carbons (Fsp3) is 0.333. The van der Waals surface area contributed by atoms with Gasteiger partial charge in [-0.25, -0.2) is 9.78 Å². The van der Waals surface area contributed by atoms with Crippen LogP contribution in [0.25, 0.3) is 11.1 Å². The molecule has 1 unspecified atom stereocenters. The van der Waals surface area contributed by atoms with E-state index in [1.165, 1.54) is 4.90 Å². The SMILES string of the molecule is Cc1noc2nc(C3CC3)cc(C(=O)OC(C(=O)N(C)C)c3ccccc3)c12. The molecular formula is C21H21N3O4. The number of aryl methyl sites for hydroxylation is 1. The average Bonchev–Trinajstić information content (AvgIpc) is 3.49. The standard InChI is InChI=1S/C21H21N3O4/c1-12-17-15(11-16(13-9-10-13)22-19(17)28-23-12)21(26)27-18(20(25)24(2)3)14-7-5-4-6-8-14/h4-8,11,13,18H,9-10H2,1-3H3. The number of benzene rings is 1. The molecule has 1 aromatic carbocycles. The summed E-state index contributed by atoms with van der Waals surface area (Å²) >= 11 is 0. The van der Waals surface area contributed by atoms with Crippen molar-refractivity contribution in [1.82, 2.24) is 15.0 Å². The molecule has 2 heterocycles. The summed E-state index contributed by atoms with van der Waals surface area (Å²) < 4.78 is 11.0. The molecule has 4 rings (SSSR count). The highest BCUT2D eigenvalue weighted by Crippen LogP contribution is 2.40. The first-order valence-corrected chi connectivity index (χ1v) is 9.19. The summed E-state index contributed by atoms with van der Waals surface area (Å²) in [6.07, 6.45) is 1.04. The van der Waals surface area contributed by atoms with Gasteiger partial charge in [-0.1, -0.05) is 35.5 Å². The highest BCUT2D eigenvalue weighted by Gasteiger charge is 2.31. The first-order chi connectivity index (χ1) is 13.5. The lowest BCUT2D eigenvalue weighted by atomic mass is 10.1. The van der Waals surface area contributed by atoms with Crippen molar-refractivity contribution in [3.05, 3.63) is 58.9 Å². The van der Waals surface area contributed by atoms with Gasteiger partial charge in [0.15, 0.2) is 0 Å². The van der Waals surface area contributed by atoms with Crippen LogP contribution in [0.15, 0.2) is 40.9 Å². The Kier molecular flexibility index (Phi) is 4.58. The van der Waals surface area contributed by atoms with Gasteiger partial charge in [-0.15, -0.1) is 0 Å². The molecule has 2 aromatic heterocycles. The third kappa shape index (κ3) is 3.35. The highest BCUT2D eigenvalue weighted by atomic mass is 16.5. The van der Waals surface area contributed by atoms with Gasteiger partial charge >= 0.3 is 5.97 Å². The molecule has 0 bridgehead atoms. The van der Waals surface area contributed by atoms with E-state index < -0.39 is 12.1 Å². The largest absolute Gasteiger partial charge is 0.444 e. The molecule has 144 valence electrons. The maximum Gasteiger partial charge on any atom is 0.340 e. The van der Waals surface area contributed by atoms with Crippen molar-refractivity contribution < 1.29 is 18.8 Å². The molecule has 0 spiro atoms. The number of hydrogen-bond donors (Lipinski definition) is 0. The predicted molar refractivity (Wildman–Crippen MR) is 102 cm³/mol. The maximum atomic E-state index is 13.1. The number of pyridine rings is 1.